The lowest BCUT2D eigenvalue weighted by molar-refractivity contribution is 0.185. The van der Waals surface area contributed by atoms with Crippen molar-refractivity contribution in [3.05, 3.63) is 107 Å². The Morgan fingerprint density at radius 3 is 2.00 bits per heavy atom. The van der Waals surface area contributed by atoms with Crippen LogP contribution in [0.25, 0.3) is 0 Å². The fraction of sp³-hybridized carbons (Fsp3) is 0.217. The summed E-state index contributed by atoms with van der Waals surface area (Å²) in [6, 6.07) is 28.6. The topological polar surface area (TPSA) is 12.5 Å². The molecule has 0 aromatic heterocycles. The SMILES string of the molecule is COCc1ccc2c(c1)CN(C(c1ccccc1)c1ccccc1)C2. The van der Waals surface area contributed by atoms with E-state index in [4.69, 9.17) is 4.74 Å². The van der Waals surface area contributed by atoms with Gasteiger partial charge in [-0.25, -0.2) is 0 Å². The standard InChI is InChI=1S/C23H23NO/c1-25-17-18-12-13-21-15-24(16-22(21)14-18)23(19-8-4-2-5-9-19)20-10-6-3-7-11-20/h2-14,23H,15-17H2,1H3. The molecule has 0 unspecified atom stereocenters. The lowest BCUT2D eigenvalue weighted by Gasteiger charge is -2.28. The van der Waals surface area contributed by atoms with E-state index < -0.39 is 0 Å². The molecule has 0 N–H and O–H groups in total. The van der Waals surface area contributed by atoms with Gasteiger partial charge in [0.25, 0.3) is 0 Å². The lowest BCUT2D eigenvalue weighted by atomic mass is 9.97. The minimum Gasteiger partial charge on any atom is -0.380 e. The average Bonchev–Trinajstić information content (AvgIpc) is 3.07. The van der Waals surface area contributed by atoms with Gasteiger partial charge in [-0.05, 0) is 27.8 Å². The van der Waals surface area contributed by atoms with Gasteiger partial charge in [-0.15, -0.1) is 0 Å². The molecule has 4 rings (SSSR count). The van der Waals surface area contributed by atoms with E-state index in [0.29, 0.717) is 6.61 Å². The molecule has 1 heterocycles. The Balaban J connectivity index is 1.67. The highest BCUT2D eigenvalue weighted by atomic mass is 16.5. The molecule has 2 heteroatoms. The third-order valence-electron chi connectivity index (χ3n) is 4.92. The Morgan fingerprint density at radius 2 is 1.40 bits per heavy atom. The predicted molar refractivity (Wildman–Crippen MR) is 101 cm³/mol. The van der Waals surface area contributed by atoms with Gasteiger partial charge in [0.05, 0.1) is 12.6 Å². The number of fused-ring (bicyclic) bond motifs is 1. The fourth-order valence-corrected chi connectivity index (χ4v) is 3.80. The summed E-state index contributed by atoms with van der Waals surface area (Å²) in [5, 5.41) is 0. The summed E-state index contributed by atoms with van der Waals surface area (Å²) in [5.41, 5.74) is 6.79. The summed E-state index contributed by atoms with van der Waals surface area (Å²) >= 11 is 0. The highest BCUT2D eigenvalue weighted by Crippen LogP contribution is 2.36. The van der Waals surface area contributed by atoms with Crippen molar-refractivity contribution in [1.82, 2.24) is 4.90 Å². The molecule has 0 aliphatic carbocycles. The smallest absolute Gasteiger partial charge is 0.0713 e. The first-order valence-electron chi connectivity index (χ1n) is 8.78. The lowest BCUT2D eigenvalue weighted by Crippen LogP contribution is -2.24. The van der Waals surface area contributed by atoms with Gasteiger partial charge < -0.3 is 4.74 Å². The van der Waals surface area contributed by atoms with Crippen molar-refractivity contribution in [1.29, 1.82) is 0 Å². The largest absolute Gasteiger partial charge is 0.380 e. The van der Waals surface area contributed by atoms with E-state index in [1.54, 1.807) is 7.11 Å². The third kappa shape index (κ3) is 3.37. The van der Waals surface area contributed by atoms with Crippen LogP contribution in [0.1, 0.15) is 33.9 Å². The molecule has 1 aliphatic rings. The molecule has 0 amide bonds. The molecule has 3 aromatic carbocycles. The van der Waals surface area contributed by atoms with Crippen LogP contribution in [0.3, 0.4) is 0 Å². The first-order valence-corrected chi connectivity index (χ1v) is 8.78. The molecule has 0 fully saturated rings. The normalized spacial score (nSPS) is 14.0. The zero-order valence-corrected chi connectivity index (χ0v) is 14.6. The number of benzene rings is 3. The van der Waals surface area contributed by atoms with E-state index in [1.165, 1.54) is 27.8 Å². The molecule has 0 spiro atoms. The van der Waals surface area contributed by atoms with E-state index >= 15 is 0 Å². The van der Waals surface area contributed by atoms with Gasteiger partial charge in [0.1, 0.15) is 0 Å². The Morgan fingerprint density at radius 1 is 0.800 bits per heavy atom. The second-order valence-electron chi connectivity index (χ2n) is 6.66. The van der Waals surface area contributed by atoms with Gasteiger partial charge in [0, 0.05) is 20.2 Å². The summed E-state index contributed by atoms with van der Waals surface area (Å²) < 4.78 is 5.29. The Bertz CT molecular complexity index is 790. The van der Waals surface area contributed by atoms with Crippen LogP contribution in [0.4, 0.5) is 0 Å². The molecule has 1 aliphatic heterocycles. The maximum absolute atomic E-state index is 5.29. The minimum absolute atomic E-state index is 0.278. The molecular formula is C23H23NO. The molecule has 25 heavy (non-hydrogen) atoms. The quantitative estimate of drug-likeness (QED) is 0.657. The van der Waals surface area contributed by atoms with E-state index in [2.05, 4.69) is 83.8 Å². The van der Waals surface area contributed by atoms with Crippen LogP contribution < -0.4 is 0 Å². The van der Waals surface area contributed by atoms with Crippen LogP contribution in [0.5, 0.6) is 0 Å². The van der Waals surface area contributed by atoms with Crippen LogP contribution in [0.15, 0.2) is 78.9 Å². The summed E-state index contributed by atoms with van der Waals surface area (Å²) in [6.07, 6.45) is 0. The molecule has 3 aromatic rings. The average molecular weight is 329 g/mol. The van der Waals surface area contributed by atoms with Crippen molar-refractivity contribution in [3.63, 3.8) is 0 Å². The third-order valence-corrected chi connectivity index (χ3v) is 4.92. The molecule has 0 bridgehead atoms. The number of hydrogen-bond donors (Lipinski definition) is 0. The van der Waals surface area contributed by atoms with Crippen molar-refractivity contribution in [2.45, 2.75) is 25.7 Å². The summed E-state index contributed by atoms with van der Waals surface area (Å²) in [7, 11) is 1.75. The zero-order valence-electron chi connectivity index (χ0n) is 14.6. The van der Waals surface area contributed by atoms with Gasteiger partial charge in [-0.2, -0.15) is 0 Å². The van der Waals surface area contributed by atoms with Crippen LogP contribution in [-0.2, 0) is 24.4 Å². The molecule has 0 saturated carbocycles. The van der Waals surface area contributed by atoms with E-state index in [1.807, 2.05) is 0 Å². The fourth-order valence-electron chi connectivity index (χ4n) is 3.80. The highest BCUT2D eigenvalue weighted by molar-refractivity contribution is 5.38. The predicted octanol–water partition coefficient (Wildman–Crippen LogP) is 4.94. The van der Waals surface area contributed by atoms with Crippen molar-refractivity contribution in [2.75, 3.05) is 7.11 Å². The Labute approximate surface area is 149 Å². The van der Waals surface area contributed by atoms with E-state index in [9.17, 15) is 0 Å². The number of hydrogen-bond acceptors (Lipinski definition) is 2. The van der Waals surface area contributed by atoms with Gasteiger partial charge in [0.15, 0.2) is 0 Å². The molecular weight excluding hydrogens is 306 g/mol. The number of ether oxygens (including phenoxy) is 1. The van der Waals surface area contributed by atoms with Crippen molar-refractivity contribution in [2.24, 2.45) is 0 Å². The minimum atomic E-state index is 0.278. The maximum atomic E-state index is 5.29. The monoisotopic (exact) mass is 329 g/mol. The van der Waals surface area contributed by atoms with Crippen molar-refractivity contribution in [3.8, 4) is 0 Å². The molecule has 0 saturated heterocycles. The van der Waals surface area contributed by atoms with Gasteiger partial charge in [-0.1, -0.05) is 78.9 Å². The molecule has 126 valence electrons. The molecule has 0 radical (unpaired) electrons. The summed E-state index contributed by atoms with van der Waals surface area (Å²) in [6.45, 7) is 2.63. The summed E-state index contributed by atoms with van der Waals surface area (Å²) in [4.78, 5) is 2.56. The maximum Gasteiger partial charge on any atom is 0.0713 e. The number of methoxy groups -OCH3 is 1. The first kappa shape index (κ1) is 16.1. The zero-order chi connectivity index (χ0) is 17.1. The van der Waals surface area contributed by atoms with Crippen molar-refractivity contribution >= 4 is 0 Å². The Kier molecular flexibility index (Phi) is 4.64. The van der Waals surface area contributed by atoms with Crippen LogP contribution in [0.2, 0.25) is 0 Å². The van der Waals surface area contributed by atoms with Gasteiger partial charge >= 0.3 is 0 Å². The second kappa shape index (κ2) is 7.22. The van der Waals surface area contributed by atoms with Crippen molar-refractivity contribution < 1.29 is 4.74 Å². The highest BCUT2D eigenvalue weighted by Gasteiger charge is 2.28. The molecule has 2 nitrogen and oxygen atoms in total. The van der Waals surface area contributed by atoms with Crippen LogP contribution in [-0.4, -0.2) is 12.0 Å². The Hall–Kier alpha value is -2.42. The van der Waals surface area contributed by atoms with E-state index in [0.717, 1.165) is 13.1 Å². The molecule has 0 atom stereocenters. The number of rotatable bonds is 5. The van der Waals surface area contributed by atoms with Crippen LogP contribution >= 0.6 is 0 Å². The summed E-state index contributed by atoms with van der Waals surface area (Å²) in [5.74, 6) is 0. The first-order chi connectivity index (χ1) is 12.3. The van der Waals surface area contributed by atoms with Gasteiger partial charge in [0.2, 0.25) is 0 Å². The number of nitrogens with zero attached hydrogens (tertiary/aromatic N) is 1. The van der Waals surface area contributed by atoms with Gasteiger partial charge in [-0.3, -0.25) is 4.90 Å². The van der Waals surface area contributed by atoms with Crippen LogP contribution in [0, 0.1) is 0 Å². The second-order valence-corrected chi connectivity index (χ2v) is 6.66. The van der Waals surface area contributed by atoms with E-state index in [-0.39, 0.29) is 6.04 Å².